The molecule has 2 N–H and O–H groups in total. The molecule has 0 aliphatic carbocycles. The maximum atomic E-state index is 11.8. The minimum absolute atomic E-state index is 0.306. The fourth-order valence-electron chi connectivity index (χ4n) is 2.21. The largest absolute Gasteiger partial charge is 0.462 e. The van der Waals surface area contributed by atoms with Crippen molar-refractivity contribution in [3.8, 4) is 0 Å². The highest BCUT2D eigenvalue weighted by atomic mass is 32.1. The van der Waals surface area contributed by atoms with Crippen molar-refractivity contribution in [3.63, 3.8) is 0 Å². The van der Waals surface area contributed by atoms with Crippen LogP contribution in [0.25, 0.3) is 0 Å². The normalized spacial score (nSPS) is 10.4. The summed E-state index contributed by atoms with van der Waals surface area (Å²) in [6.45, 7) is 6.72. The molecule has 2 rings (SSSR count). The average Bonchev–Trinajstić information content (AvgIpc) is 2.60. The number of ether oxygens (including phenoxy) is 1. The van der Waals surface area contributed by atoms with E-state index in [0.29, 0.717) is 23.2 Å². The van der Waals surface area contributed by atoms with Crippen LogP contribution >= 0.6 is 12.2 Å². The second-order valence-corrected chi connectivity index (χ2v) is 6.48. The van der Waals surface area contributed by atoms with E-state index in [1.165, 1.54) is 5.56 Å². The smallest absolute Gasteiger partial charge is 0.338 e. The number of rotatable bonds is 6. The lowest BCUT2D eigenvalue weighted by Crippen LogP contribution is -2.19. The van der Waals surface area contributed by atoms with Crippen LogP contribution in [0.5, 0.6) is 0 Å². The van der Waals surface area contributed by atoms with E-state index in [9.17, 15) is 4.79 Å². The zero-order valence-electron chi connectivity index (χ0n) is 14.8. The van der Waals surface area contributed by atoms with Crippen LogP contribution in [0.1, 0.15) is 49.0 Å². The van der Waals surface area contributed by atoms with Crippen LogP contribution in [-0.4, -0.2) is 17.7 Å². The summed E-state index contributed by atoms with van der Waals surface area (Å²) < 4.78 is 5.11. The molecular formula is C20H24N2O2S. The molecule has 5 heteroatoms. The van der Waals surface area contributed by atoms with Crippen LogP contribution in [0.15, 0.2) is 48.5 Å². The topological polar surface area (TPSA) is 50.4 Å². The molecule has 0 aliphatic heterocycles. The summed E-state index contributed by atoms with van der Waals surface area (Å²) in [7, 11) is 0. The molecule has 0 atom stereocenters. The van der Waals surface area contributed by atoms with Crippen molar-refractivity contribution in [1.29, 1.82) is 0 Å². The van der Waals surface area contributed by atoms with Crippen LogP contribution < -0.4 is 10.6 Å². The molecule has 2 aromatic rings. The average molecular weight is 356 g/mol. The first-order valence-electron chi connectivity index (χ1n) is 8.44. The Labute approximate surface area is 154 Å². The molecule has 132 valence electrons. The third kappa shape index (κ3) is 5.87. The lowest BCUT2D eigenvalue weighted by molar-refractivity contribution is 0.0505. The first kappa shape index (κ1) is 18.9. The van der Waals surface area contributed by atoms with Gasteiger partial charge in [-0.1, -0.05) is 32.9 Å². The molecule has 0 radical (unpaired) electrons. The number of hydrogen-bond acceptors (Lipinski definition) is 3. The molecule has 0 heterocycles. The molecule has 0 aromatic heterocycles. The molecule has 0 unspecified atom stereocenters. The number of thiocarbonyl (C=S) groups is 1. The van der Waals surface area contributed by atoms with Crippen molar-refractivity contribution in [3.05, 3.63) is 59.7 Å². The highest BCUT2D eigenvalue weighted by Gasteiger charge is 2.07. The predicted molar refractivity (Wildman–Crippen MR) is 107 cm³/mol. The lowest BCUT2D eigenvalue weighted by atomic mass is 10.0. The first-order chi connectivity index (χ1) is 12.0. The predicted octanol–water partition coefficient (Wildman–Crippen LogP) is 5.19. The molecule has 0 aliphatic rings. The minimum Gasteiger partial charge on any atom is -0.462 e. The third-order valence-corrected chi connectivity index (χ3v) is 3.86. The van der Waals surface area contributed by atoms with Crippen LogP contribution in [0.3, 0.4) is 0 Å². The van der Waals surface area contributed by atoms with Gasteiger partial charge in [0, 0.05) is 11.4 Å². The molecule has 0 saturated carbocycles. The van der Waals surface area contributed by atoms with Gasteiger partial charge in [-0.2, -0.15) is 0 Å². The van der Waals surface area contributed by atoms with Gasteiger partial charge in [0.15, 0.2) is 5.11 Å². The highest BCUT2D eigenvalue weighted by molar-refractivity contribution is 7.80. The second kappa shape index (κ2) is 9.18. The Morgan fingerprint density at radius 1 is 1.00 bits per heavy atom. The summed E-state index contributed by atoms with van der Waals surface area (Å²) in [5.41, 5.74) is 3.56. The number of anilines is 2. The van der Waals surface area contributed by atoms with Gasteiger partial charge in [0.25, 0.3) is 0 Å². The van der Waals surface area contributed by atoms with Gasteiger partial charge in [-0.25, -0.2) is 4.79 Å². The number of esters is 1. The number of carbonyl (C=O) groups is 1. The van der Waals surface area contributed by atoms with Gasteiger partial charge in [0.1, 0.15) is 0 Å². The van der Waals surface area contributed by atoms with E-state index in [-0.39, 0.29) is 5.97 Å². The Bertz CT molecular complexity index is 709. The zero-order chi connectivity index (χ0) is 18.2. The van der Waals surface area contributed by atoms with Crippen molar-refractivity contribution in [2.45, 2.75) is 33.1 Å². The highest BCUT2D eigenvalue weighted by Crippen LogP contribution is 2.17. The maximum Gasteiger partial charge on any atom is 0.338 e. The van der Waals surface area contributed by atoms with Crippen LogP contribution in [-0.2, 0) is 4.74 Å². The van der Waals surface area contributed by atoms with Crippen molar-refractivity contribution < 1.29 is 9.53 Å². The van der Waals surface area contributed by atoms with Crippen LogP contribution in [0, 0.1) is 0 Å². The number of nitrogens with one attached hydrogen (secondary N) is 2. The van der Waals surface area contributed by atoms with Crippen molar-refractivity contribution in [2.24, 2.45) is 0 Å². The molecule has 0 saturated heterocycles. The van der Waals surface area contributed by atoms with Crippen molar-refractivity contribution in [1.82, 2.24) is 0 Å². The summed E-state index contributed by atoms with van der Waals surface area (Å²) in [4.78, 5) is 11.8. The molecular weight excluding hydrogens is 332 g/mol. The minimum atomic E-state index is -0.306. The Hall–Kier alpha value is -2.40. The van der Waals surface area contributed by atoms with Gasteiger partial charge in [-0.05, 0) is 66.5 Å². The van der Waals surface area contributed by atoms with Gasteiger partial charge in [0.05, 0.1) is 12.2 Å². The Morgan fingerprint density at radius 3 is 2.00 bits per heavy atom. The van der Waals surface area contributed by atoms with E-state index in [0.717, 1.165) is 17.8 Å². The van der Waals surface area contributed by atoms with E-state index in [1.54, 1.807) is 24.3 Å². The summed E-state index contributed by atoms with van der Waals surface area (Å²) in [5.74, 6) is 0.195. The summed E-state index contributed by atoms with van der Waals surface area (Å²) in [5, 5.41) is 6.75. The standard InChI is InChI=1S/C20H24N2O2S/c1-4-13-24-19(23)16-7-11-18(12-8-16)22-20(25)21-17-9-5-15(6-10-17)14(2)3/h5-12,14H,4,13H2,1-3H3,(H2,21,22,25). The van der Waals surface area contributed by atoms with Crippen molar-refractivity contribution >= 4 is 34.7 Å². The fourth-order valence-corrected chi connectivity index (χ4v) is 2.45. The van der Waals surface area contributed by atoms with Gasteiger partial charge in [-0.15, -0.1) is 0 Å². The molecule has 2 aromatic carbocycles. The van der Waals surface area contributed by atoms with Crippen LogP contribution in [0.4, 0.5) is 11.4 Å². The van der Waals surface area contributed by atoms with Gasteiger partial charge in [-0.3, -0.25) is 0 Å². The zero-order valence-corrected chi connectivity index (χ0v) is 15.7. The SMILES string of the molecule is CCCOC(=O)c1ccc(NC(=S)Nc2ccc(C(C)C)cc2)cc1. The fraction of sp³-hybridized carbons (Fsp3) is 0.300. The molecule has 0 bridgehead atoms. The van der Waals surface area contributed by atoms with E-state index < -0.39 is 0 Å². The quantitative estimate of drug-likeness (QED) is 0.551. The number of carbonyl (C=O) groups excluding carboxylic acids is 1. The number of hydrogen-bond donors (Lipinski definition) is 2. The van der Waals surface area contributed by atoms with Crippen molar-refractivity contribution in [2.75, 3.05) is 17.2 Å². The summed E-state index contributed by atoms with van der Waals surface area (Å²) >= 11 is 5.33. The Kier molecular flexibility index (Phi) is 6.95. The van der Waals surface area contributed by atoms with Crippen LogP contribution in [0.2, 0.25) is 0 Å². The van der Waals surface area contributed by atoms with E-state index in [1.807, 2.05) is 19.1 Å². The van der Waals surface area contributed by atoms with E-state index in [4.69, 9.17) is 17.0 Å². The maximum absolute atomic E-state index is 11.8. The first-order valence-corrected chi connectivity index (χ1v) is 8.85. The lowest BCUT2D eigenvalue weighted by Gasteiger charge is -2.12. The second-order valence-electron chi connectivity index (χ2n) is 6.07. The molecule has 4 nitrogen and oxygen atoms in total. The Morgan fingerprint density at radius 2 is 1.52 bits per heavy atom. The van der Waals surface area contributed by atoms with Gasteiger partial charge < -0.3 is 15.4 Å². The molecule has 0 amide bonds. The molecule has 0 spiro atoms. The summed E-state index contributed by atoms with van der Waals surface area (Å²) in [6.07, 6.45) is 0.809. The van der Waals surface area contributed by atoms with E-state index in [2.05, 4.69) is 36.6 Å². The van der Waals surface area contributed by atoms with Gasteiger partial charge in [0.2, 0.25) is 0 Å². The molecule has 25 heavy (non-hydrogen) atoms. The molecule has 0 fully saturated rings. The van der Waals surface area contributed by atoms with E-state index >= 15 is 0 Å². The monoisotopic (exact) mass is 356 g/mol. The van der Waals surface area contributed by atoms with Gasteiger partial charge >= 0.3 is 5.97 Å². The number of benzene rings is 2. The Balaban J connectivity index is 1.90. The third-order valence-electron chi connectivity index (χ3n) is 3.65. The summed E-state index contributed by atoms with van der Waals surface area (Å²) in [6, 6.07) is 15.3.